The fraction of sp³-hybridized carbons (Fsp3) is 0.400. The maximum Gasteiger partial charge on any atom is 0.410 e. The second-order valence-electron chi connectivity index (χ2n) is 7.94. The third-order valence-electron chi connectivity index (χ3n) is 4.54. The zero-order chi connectivity index (χ0) is 20.7. The number of nitrogens with zero attached hydrogens (tertiary/aromatic N) is 2. The molecule has 3 rings (SSSR count). The number of carbonyl (C=O) groups is 4. The van der Waals surface area contributed by atoms with E-state index in [1.807, 2.05) is 0 Å². The van der Waals surface area contributed by atoms with Gasteiger partial charge in [0.05, 0.1) is 11.1 Å². The van der Waals surface area contributed by atoms with Crippen molar-refractivity contribution in [1.82, 2.24) is 9.96 Å². The monoisotopic (exact) mass is 386 g/mol. The maximum absolute atomic E-state index is 12.8. The van der Waals surface area contributed by atoms with Crippen LogP contribution >= 0.6 is 0 Å². The topological polar surface area (TPSA) is 93.2 Å². The fourth-order valence-electron chi connectivity index (χ4n) is 3.19. The van der Waals surface area contributed by atoms with Crippen molar-refractivity contribution < 1.29 is 28.8 Å². The highest BCUT2D eigenvalue weighted by Gasteiger charge is 2.54. The van der Waals surface area contributed by atoms with E-state index in [0.717, 1.165) is 0 Å². The van der Waals surface area contributed by atoms with E-state index in [1.54, 1.807) is 32.9 Å². The largest absolute Gasteiger partial charge is 0.444 e. The van der Waals surface area contributed by atoms with Gasteiger partial charge in [-0.25, -0.2) is 9.59 Å². The van der Waals surface area contributed by atoms with Crippen molar-refractivity contribution >= 4 is 23.9 Å². The SMILES string of the molecule is C=CCC1(C(=O)ON2C(=O)c3ccccc3C2=O)CN(C(=O)OC(C)(C)C)C1. The average Bonchev–Trinajstić information content (AvgIpc) is 2.81. The molecule has 0 N–H and O–H groups in total. The highest BCUT2D eigenvalue weighted by Crippen LogP contribution is 2.38. The smallest absolute Gasteiger partial charge is 0.410 e. The molecule has 28 heavy (non-hydrogen) atoms. The van der Waals surface area contributed by atoms with Crippen molar-refractivity contribution in [2.24, 2.45) is 5.41 Å². The molecule has 0 bridgehead atoms. The Kier molecular flexibility index (Phi) is 4.74. The lowest BCUT2D eigenvalue weighted by atomic mass is 9.77. The minimum absolute atomic E-state index is 0.0515. The van der Waals surface area contributed by atoms with Crippen molar-refractivity contribution in [3.05, 3.63) is 48.0 Å². The molecule has 0 radical (unpaired) electrons. The molecule has 1 fully saturated rings. The summed E-state index contributed by atoms with van der Waals surface area (Å²) >= 11 is 0. The summed E-state index contributed by atoms with van der Waals surface area (Å²) in [6.45, 7) is 8.99. The Hall–Kier alpha value is -3.16. The Balaban J connectivity index is 1.71. The number of carbonyl (C=O) groups excluding carboxylic acids is 4. The van der Waals surface area contributed by atoms with Gasteiger partial charge in [-0.15, -0.1) is 6.58 Å². The number of imide groups is 1. The van der Waals surface area contributed by atoms with E-state index in [2.05, 4.69) is 6.58 Å². The van der Waals surface area contributed by atoms with Crippen LogP contribution in [-0.4, -0.2) is 52.5 Å². The number of likely N-dealkylation sites (tertiary alicyclic amines) is 1. The minimum atomic E-state index is -1.08. The van der Waals surface area contributed by atoms with Crippen molar-refractivity contribution in [2.75, 3.05) is 13.1 Å². The highest BCUT2D eigenvalue weighted by molar-refractivity contribution is 6.21. The first-order valence-electron chi connectivity index (χ1n) is 8.87. The van der Waals surface area contributed by atoms with Gasteiger partial charge in [-0.1, -0.05) is 23.3 Å². The first-order valence-corrected chi connectivity index (χ1v) is 8.87. The maximum atomic E-state index is 12.8. The molecular formula is C20H22N2O6. The predicted molar refractivity (Wildman–Crippen MR) is 98.1 cm³/mol. The van der Waals surface area contributed by atoms with Crippen molar-refractivity contribution in [2.45, 2.75) is 32.8 Å². The number of ether oxygens (including phenoxy) is 1. The Morgan fingerprint density at radius 1 is 1.14 bits per heavy atom. The molecule has 1 saturated heterocycles. The third kappa shape index (κ3) is 3.37. The van der Waals surface area contributed by atoms with Crippen LogP contribution in [0.3, 0.4) is 0 Å². The van der Waals surface area contributed by atoms with Crippen molar-refractivity contribution in [3.63, 3.8) is 0 Å². The Labute approximate surface area is 162 Å². The summed E-state index contributed by atoms with van der Waals surface area (Å²) in [5, 5.41) is 0.480. The van der Waals surface area contributed by atoms with E-state index in [9.17, 15) is 19.2 Å². The zero-order valence-corrected chi connectivity index (χ0v) is 16.1. The van der Waals surface area contributed by atoms with Crippen molar-refractivity contribution in [3.8, 4) is 0 Å². The van der Waals surface area contributed by atoms with E-state index >= 15 is 0 Å². The van der Waals surface area contributed by atoms with Gasteiger partial charge in [0.2, 0.25) is 0 Å². The van der Waals surface area contributed by atoms with Gasteiger partial charge in [-0.05, 0) is 39.3 Å². The molecule has 0 aliphatic carbocycles. The summed E-state index contributed by atoms with van der Waals surface area (Å²) in [6.07, 6.45) is 1.23. The predicted octanol–water partition coefficient (Wildman–Crippen LogP) is 2.55. The van der Waals surface area contributed by atoms with Gasteiger partial charge in [0, 0.05) is 13.1 Å². The van der Waals surface area contributed by atoms with E-state index in [4.69, 9.17) is 9.57 Å². The summed E-state index contributed by atoms with van der Waals surface area (Å²) in [5.41, 5.74) is -1.37. The van der Waals surface area contributed by atoms with E-state index in [-0.39, 0.29) is 30.6 Å². The number of hydrogen-bond acceptors (Lipinski definition) is 6. The van der Waals surface area contributed by atoms with E-state index < -0.39 is 34.9 Å². The lowest BCUT2D eigenvalue weighted by Crippen LogP contribution is -2.63. The van der Waals surface area contributed by atoms with Crippen LogP contribution in [0.1, 0.15) is 47.9 Å². The number of benzene rings is 1. The van der Waals surface area contributed by atoms with E-state index in [1.165, 1.54) is 23.1 Å². The number of fused-ring (bicyclic) bond motifs is 1. The summed E-state index contributed by atoms with van der Waals surface area (Å²) in [4.78, 5) is 56.3. The van der Waals surface area contributed by atoms with Crippen LogP contribution in [0.15, 0.2) is 36.9 Å². The number of rotatable bonds is 4. The average molecular weight is 386 g/mol. The number of hydroxylamine groups is 2. The molecular weight excluding hydrogens is 364 g/mol. The molecule has 8 heteroatoms. The molecule has 0 spiro atoms. The van der Waals surface area contributed by atoms with Crippen LogP contribution in [-0.2, 0) is 14.4 Å². The van der Waals surface area contributed by atoms with Gasteiger partial charge >= 0.3 is 12.1 Å². The second kappa shape index (κ2) is 6.78. The normalized spacial score (nSPS) is 17.7. The van der Waals surface area contributed by atoms with Gasteiger partial charge in [-0.2, -0.15) is 0 Å². The van der Waals surface area contributed by atoms with Gasteiger partial charge in [0.15, 0.2) is 0 Å². The molecule has 0 aromatic heterocycles. The Morgan fingerprint density at radius 2 is 1.68 bits per heavy atom. The van der Waals surface area contributed by atoms with Crippen LogP contribution in [0, 0.1) is 5.41 Å². The van der Waals surface area contributed by atoms with Crippen molar-refractivity contribution in [1.29, 1.82) is 0 Å². The van der Waals surface area contributed by atoms with Gasteiger partial charge in [0.1, 0.15) is 11.0 Å². The summed E-state index contributed by atoms with van der Waals surface area (Å²) in [7, 11) is 0. The van der Waals surface area contributed by atoms with Crippen LogP contribution < -0.4 is 0 Å². The fourth-order valence-corrected chi connectivity index (χ4v) is 3.19. The van der Waals surface area contributed by atoms with Crippen LogP contribution in [0.25, 0.3) is 0 Å². The summed E-state index contributed by atoms with van der Waals surface area (Å²) in [6, 6.07) is 6.24. The zero-order valence-electron chi connectivity index (χ0n) is 16.1. The van der Waals surface area contributed by atoms with Gasteiger partial charge in [0.25, 0.3) is 11.8 Å². The van der Waals surface area contributed by atoms with Gasteiger partial charge in [-0.3, -0.25) is 9.59 Å². The first-order chi connectivity index (χ1) is 13.1. The summed E-state index contributed by atoms with van der Waals surface area (Å²) in [5.74, 6) is -2.14. The molecule has 2 aliphatic heterocycles. The second-order valence-corrected chi connectivity index (χ2v) is 7.94. The van der Waals surface area contributed by atoms with E-state index in [0.29, 0.717) is 5.06 Å². The molecule has 0 unspecified atom stereocenters. The molecule has 3 amide bonds. The standard InChI is InChI=1S/C20H22N2O6/c1-5-10-20(11-21(12-20)18(26)27-19(2,3)4)17(25)28-22-15(23)13-8-6-7-9-14(13)16(22)24/h5-9H,1,10-12H2,2-4H3. The first kappa shape index (κ1) is 19.6. The Morgan fingerprint density at radius 3 is 2.14 bits per heavy atom. The molecule has 148 valence electrons. The number of hydrogen-bond donors (Lipinski definition) is 0. The molecule has 1 aromatic carbocycles. The molecule has 2 heterocycles. The van der Waals surface area contributed by atoms with Crippen LogP contribution in [0.5, 0.6) is 0 Å². The highest BCUT2D eigenvalue weighted by atomic mass is 16.7. The lowest BCUT2D eigenvalue weighted by molar-refractivity contribution is -0.190. The molecule has 2 aliphatic rings. The summed E-state index contributed by atoms with van der Waals surface area (Å²) < 4.78 is 5.29. The molecule has 8 nitrogen and oxygen atoms in total. The molecule has 0 atom stereocenters. The van der Waals surface area contributed by atoms with Crippen LogP contribution in [0.4, 0.5) is 4.79 Å². The quantitative estimate of drug-likeness (QED) is 0.583. The Bertz CT molecular complexity index is 829. The lowest BCUT2D eigenvalue weighted by Gasteiger charge is -2.47. The molecule has 1 aromatic rings. The number of allylic oxidation sites excluding steroid dienone is 1. The molecule has 0 saturated carbocycles. The third-order valence-corrected chi connectivity index (χ3v) is 4.54. The van der Waals surface area contributed by atoms with Crippen LogP contribution in [0.2, 0.25) is 0 Å². The minimum Gasteiger partial charge on any atom is -0.444 e. The van der Waals surface area contributed by atoms with Gasteiger partial charge < -0.3 is 14.5 Å². The number of amides is 3.